The molecule has 0 bridgehead atoms. The highest BCUT2D eigenvalue weighted by molar-refractivity contribution is 6.11. The van der Waals surface area contributed by atoms with Gasteiger partial charge in [-0.1, -0.05) is 6.07 Å². The molecule has 0 aliphatic carbocycles. The predicted molar refractivity (Wildman–Crippen MR) is 125 cm³/mol. The van der Waals surface area contributed by atoms with Crippen LogP contribution in [0.25, 0.3) is 11.0 Å². The van der Waals surface area contributed by atoms with Gasteiger partial charge in [-0.25, -0.2) is 13.8 Å². The van der Waals surface area contributed by atoms with Crippen LogP contribution in [0.4, 0.5) is 20.3 Å². The van der Waals surface area contributed by atoms with Crippen molar-refractivity contribution in [2.45, 2.75) is 12.8 Å². The van der Waals surface area contributed by atoms with E-state index in [2.05, 4.69) is 20.2 Å². The van der Waals surface area contributed by atoms with E-state index in [-0.39, 0.29) is 22.4 Å². The lowest BCUT2D eigenvalue weighted by molar-refractivity contribution is 0.101. The second-order valence-electron chi connectivity index (χ2n) is 8.08. The molecule has 0 saturated carbocycles. The average molecular weight is 458 g/mol. The van der Waals surface area contributed by atoms with E-state index in [4.69, 9.17) is 0 Å². The number of nitrogens with zero attached hydrogens (tertiary/aromatic N) is 3. The maximum atomic E-state index is 15.2. The quantitative estimate of drug-likeness (QED) is 0.427. The summed E-state index contributed by atoms with van der Waals surface area (Å²) in [6.07, 6.45) is 3.93. The van der Waals surface area contributed by atoms with Crippen LogP contribution in [-0.4, -0.2) is 34.7 Å². The van der Waals surface area contributed by atoms with E-state index in [1.54, 1.807) is 24.4 Å². The smallest absolute Gasteiger partial charge is 0.255 e. The van der Waals surface area contributed by atoms with Gasteiger partial charge in [0, 0.05) is 24.2 Å². The molecule has 1 amide bonds. The van der Waals surface area contributed by atoms with Gasteiger partial charge in [-0.2, -0.15) is 0 Å². The fourth-order valence-corrected chi connectivity index (χ4v) is 4.00. The fraction of sp³-hybridized carbons (Fsp3) is 0.154. The van der Waals surface area contributed by atoms with Gasteiger partial charge in [0.05, 0.1) is 28.5 Å². The molecule has 0 radical (unpaired) electrons. The molecule has 170 valence electrons. The maximum absolute atomic E-state index is 15.2. The summed E-state index contributed by atoms with van der Waals surface area (Å²) in [5, 5.41) is 2.44. The minimum Gasteiger partial charge on any atom is -0.355 e. The van der Waals surface area contributed by atoms with E-state index in [0.717, 1.165) is 43.9 Å². The maximum Gasteiger partial charge on any atom is 0.255 e. The predicted octanol–water partition coefficient (Wildman–Crippen LogP) is 4.99. The third-order valence-corrected chi connectivity index (χ3v) is 5.82. The molecule has 0 unspecified atom stereocenters. The summed E-state index contributed by atoms with van der Waals surface area (Å²) >= 11 is 0. The summed E-state index contributed by atoms with van der Waals surface area (Å²) in [5.74, 6) is -1.72. The molecule has 1 N–H and O–H groups in total. The molecular formula is C26H20F2N4O2. The summed E-state index contributed by atoms with van der Waals surface area (Å²) in [7, 11) is 0. The Morgan fingerprint density at radius 1 is 0.882 bits per heavy atom. The number of nitrogens with one attached hydrogen (secondary N) is 1. The topological polar surface area (TPSA) is 75.2 Å². The highest BCUT2D eigenvalue weighted by Gasteiger charge is 2.20. The second-order valence-corrected chi connectivity index (χ2v) is 8.08. The molecule has 8 heteroatoms. The summed E-state index contributed by atoms with van der Waals surface area (Å²) in [5.41, 5.74) is 1.30. The molecule has 2 heterocycles. The monoisotopic (exact) mass is 458 g/mol. The van der Waals surface area contributed by atoms with Gasteiger partial charge in [-0.3, -0.25) is 14.6 Å². The van der Waals surface area contributed by atoms with Crippen LogP contribution < -0.4 is 10.2 Å². The third kappa shape index (κ3) is 4.22. The van der Waals surface area contributed by atoms with Gasteiger partial charge in [0.2, 0.25) is 0 Å². The van der Waals surface area contributed by atoms with Crippen LogP contribution in [0.3, 0.4) is 0 Å². The van der Waals surface area contributed by atoms with Crippen LogP contribution in [0.5, 0.6) is 0 Å². The van der Waals surface area contributed by atoms with E-state index in [9.17, 15) is 14.0 Å². The van der Waals surface area contributed by atoms with E-state index in [0.29, 0.717) is 11.0 Å². The molecule has 0 spiro atoms. The largest absolute Gasteiger partial charge is 0.355 e. The SMILES string of the molecule is O=C(Nc1cccc(C(=O)c2ccc3ncc(N4CCCC4)nc3c2)c1F)c1ccc(F)cc1. The second kappa shape index (κ2) is 8.97. The van der Waals surface area contributed by atoms with Gasteiger partial charge < -0.3 is 10.2 Å². The summed E-state index contributed by atoms with van der Waals surface area (Å²) in [4.78, 5) is 36.8. The number of fused-ring (bicyclic) bond motifs is 1. The van der Waals surface area contributed by atoms with E-state index >= 15 is 4.39 Å². The number of hydrogen-bond acceptors (Lipinski definition) is 5. The highest BCUT2D eigenvalue weighted by Crippen LogP contribution is 2.24. The van der Waals surface area contributed by atoms with E-state index in [1.165, 1.54) is 30.3 Å². The fourth-order valence-electron chi connectivity index (χ4n) is 4.00. The normalized spacial score (nSPS) is 13.3. The molecule has 34 heavy (non-hydrogen) atoms. The lowest BCUT2D eigenvalue weighted by Gasteiger charge is -2.16. The lowest BCUT2D eigenvalue weighted by atomic mass is 10.0. The van der Waals surface area contributed by atoms with Crippen molar-refractivity contribution < 1.29 is 18.4 Å². The van der Waals surface area contributed by atoms with Crippen molar-refractivity contribution in [3.05, 3.63) is 95.2 Å². The number of benzene rings is 3. The first-order valence-corrected chi connectivity index (χ1v) is 10.9. The Labute approximate surface area is 194 Å². The summed E-state index contributed by atoms with van der Waals surface area (Å²) in [6, 6.07) is 14.0. The molecule has 1 fully saturated rings. The van der Waals surface area contributed by atoms with Crippen molar-refractivity contribution in [3.63, 3.8) is 0 Å². The number of carbonyl (C=O) groups excluding carboxylic acids is 2. The first-order chi connectivity index (χ1) is 16.5. The summed E-state index contributed by atoms with van der Waals surface area (Å²) < 4.78 is 28.3. The first kappa shape index (κ1) is 21.6. The lowest BCUT2D eigenvalue weighted by Crippen LogP contribution is -2.19. The molecule has 1 aromatic heterocycles. The Balaban J connectivity index is 1.42. The van der Waals surface area contributed by atoms with Gasteiger partial charge in [-0.05, 0) is 67.4 Å². The van der Waals surface area contributed by atoms with Gasteiger partial charge in [0.1, 0.15) is 11.6 Å². The zero-order valence-corrected chi connectivity index (χ0v) is 18.1. The first-order valence-electron chi connectivity index (χ1n) is 10.9. The Hall–Kier alpha value is -4.20. The van der Waals surface area contributed by atoms with Gasteiger partial charge in [0.25, 0.3) is 5.91 Å². The van der Waals surface area contributed by atoms with Crippen molar-refractivity contribution in [1.29, 1.82) is 0 Å². The molecule has 6 nitrogen and oxygen atoms in total. The number of aromatic nitrogens is 2. The number of amides is 1. The molecule has 0 atom stereocenters. The van der Waals surface area contributed by atoms with Crippen molar-refractivity contribution in [2.75, 3.05) is 23.3 Å². The molecule has 1 aliphatic heterocycles. The number of anilines is 2. The Bertz CT molecular complexity index is 1400. The van der Waals surface area contributed by atoms with Crippen molar-refractivity contribution in [3.8, 4) is 0 Å². The van der Waals surface area contributed by atoms with Gasteiger partial charge >= 0.3 is 0 Å². The molecule has 5 rings (SSSR count). The van der Waals surface area contributed by atoms with Crippen molar-refractivity contribution >= 4 is 34.2 Å². The molecule has 3 aromatic carbocycles. The number of halogens is 2. The van der Waals surface area contributed by atoms with Gasteiger partial charge in [0.15, 0.2) is 11.6 Å². The molecule has 1 aliphatic rings. The molecule has 1 saturated heterocycles. The summed E-state index contributed by atoms with van der Waals surface area (Å²) in [6.45, 7) is 1.83. The van der Waals surface area contributed by atoms with Crippen molar-refractivity contribution in [1.82, 2.24) is 9.97 Å². The number of rotatable bonds is 5. The average Bonchev–Trinajstić information content (AvgIpc) is 3.40. The number of ketones is 1. The Kier molecular flexibility index (Phi) is 5.71. The minimum atomic E-state index is -0.847. The van der Waals surface area contributed by atoms with Crippen LogP contribution in [0.2, 0.25) is 0 Å². The van der Waals surface area contributed by atoms with Gasteiger partial charge in [-0.15, -0.1) is 0 Å². The van der Waals surface area contributed by atoms with Crippen LogP contribution in [0.15, 0.2) is 66.9 Å². The third-order valence-electron chi connectivity index (χ3n) is 5.82. The number of hydrogen-bond donors (Lipinski definition) is 1. The van der Waals surface area contributed by atoms with Crippen LogP contribution in [-0.2, 0) is 0 Å². The molecule has 4 aromatic rings. The van der Waals surface area contributed by atoms with Crippen molar-refractivity contribution in [2.24, 2.45) is 0 Å². The standard InChI is InChI=1S/C26H20F2N4O2/c27-18-9-6-16(7-10-18)26(34)31-21-5-3-4-19(24(21)28)25(33)17-8-11-20-22(14-17)30-23(15-29-20)32-12-1-2-13-32/h3-11,14-15H,1-2,12-13H2,(H,31,34). The zero-order chi connectivity index (χ0) is 23.7. The Morgan fingerprint density at radius 2 is 1.62 bits per heavy atom. The van der Waals surface area contributed by atoms with Crippen LogP contribution >= 0.6 is 0 Å². The number of carbonyl (C=O) groups is 2. The Morgan fingerprint density at radius 3 is 2.38 bits per heavy atom. The van der Waals surface area contributed by atoms with E-state index < -0.39 is 23.3 Å². The van der Waals surface area contributed by atoms with Crippen LogP contribution in [0.1, 0.15) is 39.1 Å². The minimum absolute atomic E-state index is 0.142. The molecular weight excluding hydrogens is 438 g/mol. The van der Waals surface area contributed by atoms with E-state index in [1.807, 2.05) is 0 Å². The highest BCUT2D eigenvalue weighted by atomic mass is 19.1. The van der Waals surface area contributed by atoms with Crippen LogP contribution in [0, 0.1) is 11.6 Å². The zero-order valence-electron chi connectivity index (χ0n) is 18.1.